The first-order valence-corrected chi connectivity index (χ1v) is 8.16. The molecule has 0 atom stereocenters. The number of thiocarbonyl (C=S) groups is 1. The molecule has 0 saturated heterocycles. The van der Waals surface area contributed by atoms with E-state index in [0.29, 0.717) is 10.9 Å². The smallest absolute Gasteiger partial charge is 0.237 e. The Morgan fingerprint density at radius 2 is 2.05 bits per heavy atom. The topological polar surface area (TPSA) is 55.1 Å². The van der Waals surface area contributed by atoms with Gasteiger partial charge in [0.05, 0.1) is 10.4 Å². The average molecular weight is 302 g/mol. The highest BCUT2D eigenvalue weighted by atomic mass is 32.1. The number of aryl methyl sites for hydroxylation is 1. The number of carbonyl (C=O) groups excluding carboxylic acids is 1. The molecule has 4 heteroatoms. The van der Waals surface area contributed by atoms with E-state index in [1.54, 1.807) is 0 Å². The Kier molecular flexibility index (Phi) is 3.74. The fourth-order valence-corrected chi connectivity index (χ4v) is 4.03. The second-order valence-electron chi connectivity index (χ2n) is 6.56. The highest BCUT2D eigenvalue weighted by molar-refractivity contribution is 7.80. The maximum absolute atomic E-state index is 12.7. The van der Waals surface area contributed by atoms with Crippen LogP contribution >= 0.6 is 12.2 Å². The van der Waals surface area contributed by atoms with Crippen molar-refractivity contribution in [3.63, 3.8) is 0 Å². The van der Waals surface area contributed by atoms with E-state index in [1.165, 1.54) is 24.0 Å². The first-order chi connectivity index (χ1) is 10.0. The molecule has 1 fully saturated rings. The van der Waals surface area contributed by atoms with Crippen LogP contribution in [0.5, 0.6) is 0 Å². The molecular weight excluding hydrogens is 280 g/mol. The van der Waals surface area contributed by atoms with Crippen LogP contribution in [0, 0.1) is 11.3 Å². The summed E-state index contributed by atoms with van der Waals surface area (Å²) >= 11 is 5.16. The number of rotatable bonds is 3. The predicted molar refractivity (Wildman–Crippen MR) is 89.3 cm³/mol. The Balaban J connectivity index is 1.84. The van der Waals surface area contributed by atoms with E-state index in [0.717, 1.165) is 31.4 Å². The Hall–Kier alpha value is -1.42. The Labute approximate surface area is 131 Å². The number of anilines is 1. The molecule has 0 radical (unpaired) electrons. The molecule has 21 heavy (non-hydrogen) atoms. The molecule has 0 spiro atoms. The maximum atomic E-state index is 12.7. The summed E-state index contributed by atoms with van der Waals surface area (Å²) in [6.45, 7) is 2.13. The zero-order valence-corrected chi connectivity index (χ0v) is 13.3. The number of benzene rings is 1. The van der Waals surface area contributed by atoms with Gasteiger partial charge in [0.15, 0.2) is 0 Å². The molecule has 0 aliphatic heterocycles. The van der Waals surface area contributed by atoms with Crippen LogP contribution in [0.15, 0.2) is 18.2 Å². The maximum Gasteiger partial charge on any atom is 0.237 e. The van der Waals surface area contributed by atoms with E-state index in [-0.39, 0.29) is 5.91 Å². The van der Waals surface area contributed by atoms with Gasteiger partial charge in [-0.25, -0.2) is 0 Å². The molecule has 0 unspecified atom stereocenters. The normalized spacial score (nSPS) is 27.4. The van der Waals surface area contributed by atoms with Crippen LogP contribution in [0.25, 0.3) is 0 Å². The summed E-state index contributed by atoms with van der Waals surface area (Å²) in [6.07, 6.45) is 6.11. The minimum Gasteiger partial charge on any atom is -0.392 e. The van der Waals surface area contributed by atoms with Crippen molar-refractivity contribution in [2.24, 2.45) is 17.1 Å². The number of fused-ring (bicyclic) bond motifs is 1. The standard InChI is InChI=1S/C17H22N2OS/c1-11-9-17(10-11,15(18)21)16(20)19-14-8-4-6-12-5-2-3-7-13(12)14/h4,6,8,11H,2-3,5,7,9-10H2,1H3,(H2,18,21)(H,19,20). The molecule has 1 aromatic carbocycles. The van der Waals surface area contributed by atoms with Crippen molar-refractivity contribution in [1.82, 2.24) is 0 Å². The number of amides is 1. The van der Waals surface area contributed by atoms with Gasteiger partial charge >= 0.3 is 0 Å². The van der Waals surface area contributed by atoms with Gasteiger partial charge in [0.25, 0.3) is 0 Å². The van der Waals surface area contributed by atoms with E-state index < -0.39 is 5.41 Å². The van der Waals surface area contributed by atoms with Crippen molar-refractivity contribution < 1.29 is 4.79 Å². The third kappa shape index (κ3) is 2.46. The first-order valence-electron chi connectivity index (χ1n) is 7.75. The van der Waals surface area contributed by atoms with Gasteiger partial charge in [0.1, 0.15) is 0 Å². The van der Waals surface area contributed by atoms with Crippen LogP contribution in [0.4, 0.5) is 5.69 Å². The lowest BCUT2D eigenvalue weighted by Gasteiger charge is -2.44. The lowest BCUT2D eigenvalue weighted by molar-refractivity contribution is -0.127. The van der Waals surface area contributed by atoms with Crippen LogP contribution in [0.1, 0.15) is 43.7 Å². The molecule has 2 aliphatic rings. The van der Waals surface area contributed by atoms with E-state index in [2.05, 4.69) is 18.3 Å². The average Bonchev–Trinajstić information content (AvgIpc) is 2.43. The number of carbonyl (C=O) groups is 1. The highest BCUT2D eigenvalue weighted by Gasteiger charge is 2.50. The summed E-state index contributed by atoms with van der Waals surface area (Å²) in [7, 11) is 0. The van der Waals surface area contributed by atoms with E-state index >= 15 is 0 Å². The molecule has 2 aliphatic carbocycles. The van der Waals surface area contributed by atoms with Gasteiger partial charge in [-0.3, -0.25) is 4.79 Å². The minimum absolute atomic E-state index is 0.0212. The van der Waals surface area contributed by atoms with E-state index in [1.807, 2.05) is 12.1 Å². The lowest BCUT2D eigenvalue weighted by atomic mass is 9.62. The Bertz CT molecular complexity index is 590. The predicted octanol–water partition coefficient (Wildman–Crippen LogP) is 3.21. The van der Waals surface area contributed by atoms with Crippen LogP contribution in [0.3, 0.4) is 0 Å². The molecule has 3 N–H and O–H groups in total. The molecular formula is C17H22N2OS. The second-order valence-corrected chi connectivity index (χ2v) is 7.00. The molecule has 1 amide bonds. The summed E-state index contributed by atoms with van der Waals surface area (Å²) < 4.78 is 0. The lowest BCUT2D eigenvalue weighted by Crippen LogP contribution is -2.54. The van der Waals surface area contributed by atoms with Crippen molar-refractivity contribution in [3.8, 4) is 0 Å². The van der Waals surface area contributed by atoms with Gasteiger partial charge in [0.2, 0.25) is 5.91 Å². The van der Waals surface area contributed by atoms with Gasteiger partial charge in [-0.15, -0.1) is 0 Å². The molecule has 0 bridgehead atoms. The molecule has 3 rings (SSSR count). The summed E-state index contributed by atoms with van der Waals surface area (Å²) in [4.78, 5) is 13.0. The minimum atomic E-state index is -0.633. The van der Waals surface area contributed by atoms with Crippen molar-refractivity contribution in [2.45, 2.75) is 45.4 Å². The quantitative estimate of drug-likeness (QED) is 0.843. The van der Waals surface area contributed by atoms with Crippen molar-refractivity contribution in [3.05, 3.63) is 29.3 Å². The van der Waals surface area contributed by atoms with Crippen LogP contribution in [0.2, 0.25) is 0 Å². The van der Waals surface area contributed by atoms with Crippen LogP contribution < -0.4 is 11.1 Å². The van der Waals surface area contributed by atoms with E-state index in [9.17, 15) is 4.79 Å². The summed E-state index contributed by atoms with van der Waals surface area (Å²) in [5.74, 6) is 0.494. The van der Waals surface area contributed by atoms with Crippen molar-refractivity contribution >= 4 is 28.8 Å². The van der Waals surface area contributed by atoms with Gasteiger partial charge in [-0.05, 0) is 61.6 Å². The van der Waals surface area contributed by atoms with Crippen LogP contribution in [-0.2, 0) is 17.6 Å². The third-order valence-corrected chi connectivity index (χ3v) is 5.34. The number of hydrogen-bond acceptors (Lipinski definition) is 2. The fraction of sp³-hybridized carbons (Fsp3) is 0.529. The molecule has 1 saturated carbocycles. The summed E-state index contributed by atoms with van der Waals surface area (Å²) in [6, 6.07) is 6.19. The Morgan fingerprint density at radius 3 is 2.71 bits per heavy atom. The molecule has 0 aromatic heterocycles. The molecule has 0 heterocycles. The van der Waals surface area contributed by atoms with Crippen molar-refractivity contribution in [1.29, 1.82) is 0 Å². The zero-order chi connectivity index (χ0) is 15.0. The molecule has 3 nitrogen and oxygen atoms in total. The van der Waals surface area contributed by atoms with Gasteiger partial charge in [0, 0.05) is 5.69 Å². The number of hydrogen-bond donors (Lipinski definition) is 2. The monoisotopic (exact) mass is 302 g/mol. The summed E-state index contributed by atoms with van der Waals surface area (Å²) in [5.41, 5.74) is 8.84. The molecule has 112 valence electrons. The van der Waals surface area contributed by atoms with Crippen LogP contribution in [-0.4, -0.2) is 10.9 Å². The fourth-order valence-electron chi connectivity index (χ4n) is 3.77. The molecule has 1 aromatic rings. The third-order valence-electron chi connectivity index (χ3n) is 4.94. The Morgan fingerprint density at radius 1 is 1.33 bits per heavy atom. The largest absolute Gasteiger partial charge is 0.392 e. The highest BCUT2D eigenvalue weighted by Crippen LogP contribution is 2.46. The SMILES string of the molecule is CC1CC(C(=O)Nc2cccc3c2CCCC3)(C(N)=S)C1. The zero-order valence-electron chi connectivity index (χ0n) is 12.4. The van der Waals surface area contributed by atoms with Gasteiger partial charge in [-0.2, -0.15) is 0 Å². The van der Waals surface area contributed by atoms with Gasteiger partial charge in [-0.1, -0.05) is 31.3 Å². The van der Waals surface area contributed by atoms with Gasteiger partial charge < -0.3 is 11.1 Å². The number of nitrogens with two attached hydrogens (primary N) is 1. The number of nitrogens with one attached hydrogen (secondary N) is 1. The summed E-state index contributed by atoms with van der Waals surface area (Å²) in [5, 5.41) is 3.11. The second kappa shape index (κ2) is 5.41. The van der Waals surface area contributed by atoms with E-state index in [4.69, 9.17) is 18.0 Å². The van der Waals surface area contributed by atoms with Crippen molar-refractivity contribution in [2.75, 3.05) is 5.32 Å². The first kappa shape index (κ1) is 14.5.